The minimum absolute atomic E-state index is 0.00635. The van der Waals surface area contributed by atoms with Crippen molar-refractivity contribution in [1.82, 2.24) is 0 Å². The fraction of sp³-hybridized carbons (Fsp3) is 0.179. The van der Waals surface area contributed by atoms with Crippen LogP contribution in [0.3, 0.4) is 0 Å². The fourth-order valence-electron chi connectivity index (χ4n) is 4.11. The first-order chi connectivity index (χ1) is 17.2. The van der Waals surface area contributed by atoms with Crippen LogP contribution >= 0.6 is 0 Å². The quantitative estimate of drug-likeness (QED) is 0.281. The van der Waals surface area contributed by atoms with Gasteiger partial charge in [0.1, 0.15) is 17.3 Å². The molecule has 0 aliphatic heterocycles. The zero-order valence-electron chi connectivity index (χ0n) is 19.8. The molecule has 0 spiro atoms. The average Bonchev–Trinajstić information content (AvgIpc) is 2.86. The molecule has 4 aromatic rings. The van der Waals surface area contributed by atoms with E-state index in [0.29, 0.717) is 18.5 Å². The Hall–Kier alpha value is -3.88. The highest BCUT2D eigenvalue weighted by atomic mass is 32.2. The van der Waals surface area contributed by atoms with Crippen LogP contribution in [-0.2, 0) is 21.2 Å². The van der Waals surface area contributed by atoms with Crippen molar-refractivity contribution in [1.29, 1.82) is 0 Å². The number of hydrogen-bond acceptors (Lipinski definition) is 6. The van der Waals surface area contributed by atoms with Crippen molar-refractivity contribution in [3.63, 3.8) is 0 Å². The maximum absolute atomic E-state index is 13.0. The molecule has 1 unspecified atom stereocenters. The summed E-state index contributed by atoms with van der Waals surface area (Å²) < 4.78 is 28.4. The van der Waals surface area contributed by atoms with E-state index in [1.54, 1.807) is 37.4 Å². The molecule has 0 bridgehead atoms. The molecular weight excluding hydrogens is 476 g/mol. The van der Waals surface area contributed by atoms with E-state index in [9.17, 15) is 18.3 Å². The molecule has 4 N–H and O–H groups in total. The number of fused-ring (bicyclic) bond motifs is 1. The summed E-state index contributed by atoms with van der Waals surface area (Å²) in [6.07, 6.45) is 1.17. The number of primary sulfonamides is 1. The van der Waals surface area contributed by atoms with Gasteiger partial charge in [-0.3, -0.25) is 4.79 Å². The number of sulfonamides is 1. The minimum atomic E-state index is -3.80. The van der Waals surface area contributed by atoms with Gasteiger partial charge in [0.05, 0.1) is 18.0 Å². The summed E-state index contributed by atoms with van der Waals surface area (Å²) in [5.74, 6) is 0.964. The molecule has 186 valence electrons. The highest BCUT2D eigenvalue weighted by molar-refractivity contribution is 7.89. The Morgan fingerprint density at radius 3 is 2.39 bits per heavy atom. The lowest BCUT2D eigenvalue weighted by Crippen LogP contribution is -2.16. The number of Topliss-reactive ketones (excluding diaryl/α,β-unsaturated/α-hetero) is 1. The number of phenolic OH excluding ortho intramolecular Hbond substituents is 1. The number of aromatic hydroxyl groups is 1. The molecular formula is C28H28N2O5S. The summed E-state index contributed by atoms with van der Waals surface area (Å²) in [6.45, 7) is 0. The summed E-state index contributed by atoms with van der Waals surface area (Å²) in [7, 11) is -2.16. The average molecular weight is 505 g/mol. The maximum atomic E-state index is 13.0. The van der Waals surface area contributed by atoms with Crippen molar-refractivity contribution in [2.45, 2.75) is 30.2 Å². The van der Waals surface area contributed by atoms with Crippen LogP contribution in [0.1, 0.15) is 30.0 Å². The van der Waals surface area contributed by atoms with E-state index in [2.05, 4.69) is 11.4 Å². The highest BCUT2D eigenvalue weighted by Crippen LogP contribution is 2.27. The van der Waals surface area contributed by atoms with Crippen molar-refractivity contribution in [2.24, 2.45) is 5.14 Å². The molecule has 0 saturated carbocycles. The van der Waals surface area contributed by atoms with Crippen LogP contribution in [0.15, 0.2) is 89.8 Å². The van der Waals surface area contributed by atoms with Gasteiger partial charge in [0.15, 0.2) is 0 Å². The van der Waals surface area contributed by atoms with Gasteiger partial charge in [0.25, 0.3) is 0 Å². The third kappa shape index (κ3) is 6.41. The summed E-state index contributed by atoms with van der Waals surface area (Å²) in [5.41, 5.74) is 2.45. The SMILES string of the molecule is COc1ccc2cc(CCC(=O)CC(Nc3ccc(S(N)(=O)=O)cc3)c3cccc(O)c3)ccc2c1. The number of ether oxygens (including phenoxy) is 1. The Morgan fingerprint density at radius 2 is 1.69 bits per heavy atom. The molecule has 4 rings (SSSR count). The molecule has 4 aromatic carbocycles. The lowest BCUT2D eigenvalue weighted by molar-refractivity contribution is -0.119. The van der Waals surface area contributed by atoms with Crippen molar-refractivity contribution in [2.75, 3.05) is 12.4 Å². The van der Waals surface area contributed by atoms with Gasteiger partial charge in [-0.1, -0.05) is 36.4 Å². The van der Waals surface area contributed by atoms with Crippen LogP contribution in [0, 0.1) is 0 Å². The maximum Gasteiger partial charge on any atom is 0.238 e. The van der Waals surface area contributed by atoms with Gasteiger partial charge in [-0.25, -0.2) is 13.6 Å². The summed E-state index contributed by atoms with van der Waals surface area (Å²) in [5, 5.41) is 20.6. The molecule has 0 aromatic heterocycles. The lowest BCUT2D eigenvalue weighted by Gasteiger charge is -2.20. The summed E-state index contributed by atoms with van der Waals surface area (Å²) >= 11 is 0. The predicted molar refractivity (Wildman–Crippen MR) is 141 cm³/mol. The monoisotopic (exact) mass is 504 g/mol. The third-order valence-corrected chi connectivity index (χ3v) is 6.96. The number of nitrogens with two attached hydrogens (primary N) is 1. The minimum Gasteiger partial charge on any atom is -0.508 e. The van der Waals surface area contributed by atoms with Gasteiger partial charge in [-0.15, -0.1) is 0 Å². The predicted octanol–water partition coefficient (Wildman–Crippen LogP) is 4.95. The number of rotatable bonds is 10. The second-order valence-electron chi connectivity index (χ2n) is 8.65. The van der Waals surface area contributed by atoms with Gasteiger partial charge in [-0.2, -0.15) is 0 Å². The molecule has 0 amide bonds. The largest absolute Gasteiger partial charge is 0.508 e. The molecule has 7 nitrogen and oxygen atoms in total. The van der Waals surface area contributed by atoms with Gasteiger partial charge in [0.2, 0.25) is 10.0 Å². The molecule has 36 heavy (non-hydrogen) atoms. The number of carbonyl (C=O) groups excluding carboxylic acids is 1. The molecule has 8 heteroatoms. The van der Waals surface area contributed by atoms with Gasteiger partial charge < -0.3 is 15.2 Å². The Bertz CT molecular complexity index is 1480. The fourth-order valence-corrected chi connectivity index (χ4v) is 4.62. The second-order valence-corrected chi connectivity index (χ2v) is 10.2. The normalized spacial score (nSPS) is 12.3. The third-order valence-electron chi connectivity index (χ3n) is 6.03. The number of ketones is 1. The van der Waals surface area contributed by atoms with E-state index in [0.717, 1.165) is 27.6 Å². The van der Waals surface area contributed by atoms with Gasteiger partial charge in [-0.05, 0) is 76.9 Å². The first-order valence-corrected chi connectivity index (χ1v) is 13.0. The molecule has 0 radical (unpaired) electrons. The van der Waals surface area contributed by atoms with E-state index in [-0.39, 0.29) is 22.8 Å². The Balaban J connectivity index is 1.46. The van der Waals surface area contributed by atoms with Crippen LogP contribution in [0.2, 0.25) is 0 Å². The number of carbonyl (C=O) groups is 1. The molecule has 0 heterocycles. The van der Waals surface area contributed by atoms with E-state index in [1.165, 1.54) is 12.1 Å². The number of phenols is 1. The number of methoxy groups -OCH3 is 1. The van der Waals surface area contributed by atoms with Crippen molar-refractivity contribution >= 4 is 32.3 Å². The number of hydrogen-bond donors (Lipinski definition) is 3. The zero-order chi connectivity index (χ0) is 25.7. The van der Waals surface area contributed by atoms with Gasteiger partial charge in [0, 0.05) is 18.5 Å². The van der Waals surface area contributed by atoms with E-state index in [1.807, 2.05) is 36.4 Å². The van der Waals surface area contributed by atoms with Crippen LogP contribution in [0.25, 0.3) is 10.8 Å². The van der Waals surface area contributed by atoms with Crippen molar-refractivity contribution in [3.8, 4) is 11.5 Å². The number of nitrogens with one attached hydrogen (secondary N) is 1. The Labute approximate surface area is 210 Å². The number of benzene rings is 4. The molecule has 0 fully saturated rings. The number of aryl methyl sites for hydroxylation is 1. The lowest BCUT2D eigenvalue weighted by atomic mass is 9.96. The van der Waals surface area contributed by atoms with Crippen molar-refractivity contribution < 1.29 is 23.1 Å². The topological polar surface area (TPSA) is 119 Å². The molecule has 1 atom stereocenters. The molecule has 0 aliphatic rings. The van der Waals surface area contributed by atoms with E-state index < -0.39 is 16.1 Å². The first kappa shape index (κ1) is 25.2. The number of anilines is 1. The van der Waals surface area contributed by atoms with Gasteiger partial charge >= 0.3 is 0 Å². The standard InChI is InChI=1S/C28H28N2O5S/c1-35-26-12-8-20-15-19(5-7-21(20)17-26)6-11-25(32)18-28(22-3-2-4-24(31)16-22)30-23-9-13-27(14-10-23)36(29,33)34/h2-5,7-10,12-17,28,30-31H,6,11,18H2,1H3,(H2,29,33,34). The first-order valence-electron chi connectivity index (χ1n) is 11.5. The van der Waals surface area contributed by atoms with Crippen LogP contribution in [0.5, 0.6) is 11.5 Å². The smallest absolute Gasteiger partial charge is 0.238 e. The molecule has 0 saturated heterocycles. The summed E-state index contributed by atoms with van der Waals surface area (Å²) in [4.78, 5) is 13.0. The second kappa shape index (κ2) is 10.8. The highest BCUT2D eigenvalue weighted by Gasteiger charge is 2.17. The summed E-state index contributed by atoms with van der Waals surface area (Å²) in [6, 6.07) is 24.4. The Morgan fingerprint density at radius 1 is 0.972 bits per heavy atom. The Kier molecular flexibility index (Phi) is 7.57. The van der Waals surface area contributed by atoms with Crippen LogP contribution < -0.4 is 15.2 Å². The van der Waals surface area contributed by atoms with Crippen molar-refractivity contribution in [3.05, 3.63) is 96.1 Å². The zero-order valence-corrected chi connectivity index (χ0v) is 20.7. The van der Waals surface area contributed by atoms with E-state index >= 15 is 0 Å². The molecule has 0 aliphatic carbocycles. The van der Waals surface area contributed by atoms with Crippen LogP contribution in [-0.4, -0.2) is 26.4 Å². The van der Waals surface area contributed by atoms with Crippen LogP contribution in [0.4, 0.5) is 5.69 Å². The van der Waals surface area contributed by atoms with E-state index in [4.69, 9.17) is 9.88 Å².